The number of pyridine rings is 1. The molecule has 4 nitrogen and oxygen atoms in total. The molecule has 1 amide bonds. The highest BCUT2D eigenvalue weighted by Gasteiger charge is 2.19. The Morgan fingerprint density at radius 2 is 2.46 bits per heavy atom. The van der Waals surface area contributed by atoms with Crippen LogP contribution in [0.1, 0.15) is 10.4 Å². The molecule has 0 aromatic carbocycles. The fourth-order valence-corrected chi connectivity index (χ4v) is 1.16. The second-order valence-corrected chi connectivity index (χ2v) is 3.07. The van der Waals surface area contributed by atoms with Crippen molar-refractivity contribution in [3.63, 3.8) is 0 Å². The van der Waals surface area contributed by atoms with Crippen LogP contribution in [-0.2, 0) is 0 Å². The third-order valence-corrected chi connectivity index (χ3v) is 2.04. The van der Waals surface area contributed by atoms with Gasteiger partial charge in [0.05, 0.1) is 11.6 Å². The molecule has 2 rings (SSSR count). The summed E-state index contributed by atoms with van der Waals surface area (Å²) in [5.74, 6) is -0.0420. The van der Waals surface area contributed by atoms with Gasteiger partial charge in [-0.1, -0.05) is 0 Å². The van der Waals surface area contributed by atoms with Gasteiger partial charge in [-0.2, -0.15) is 0 Å². The second kappa shape index (κ2) is 3.53. The molecule has 0 radical (unpaired) electrons. The van der Waals surface area contributed by atoms with Gasteiger partial charge in [-0.3, -0.25) is 9.78 Å². The first-order valence-electron chi connectivity index (χ1n) is 4.28. The van der Waals surface area contributed by atoms with E-state index < -0.39 is 0 Å². The first-order valence-corrected chi connectivity index (χ1v) is 4.28. The summed E-state index contributed by atoms with van der Waals surface area (Å²) < 4.78 is 0. The van der Waals surface area contributed by atoms with E-state index in [1.165, 1.54) is 0 Å². The number of hydrogen-bond acceptors (Lipinski definition) is 3. The van der Waals surface area contributed by atoms with Gasteiger partial charge in [-0.25, -0.2) is 0 Å². The molecule has 0 unspecified atom stereocenters. The monoisotopic (exact) mass is 177 g/mol. The second-order valence-electron chi connectivity index (χ2n) is 3.07. The molecular formula is C9H11N3O. The first-order chi connectivity index (χ1) is 6.36. The molecule has 1 saturated heterocycles. The topological polar surface area (TPSA) is 54.0 Å². The number of nitrogens with zero attached hydrogens (tertiary/aromatic N) is 1. The Hall–Kier alpha value is -1.42. The molecule has 1 aliphatic heterocycles. The van der Waals surface area contributed by atoms with E-state index in [1.54, 1.807) is 24.5 Å². The van der Waals surface area contributed by atoms with Crippen molar-refractivity contribution in [1.29, 1.82) is 0 Å². The van der Waals surface area contributed by atoms with Crippen LogP contribution >= 0.6 is 0 Å². The Balaban J connectivity index is 1.97. The highest BCUT2D eigenvalue weighted by Crippen LogP contribution is 1.98. The minimum absolute atomic E-state index is 0.0420. The average molecular weight is 177 g/mol. The summed E-state index contributed by atoms with van der Waals surface area (Å²) in [5.41, 5.74) is 0.620. The van der Waals surface area contributed by atoms with Crippen LogP contribution in [0.5, 0.6) is 0 Å². The SMILES string of the molecule is O=C(NC1CNC1)c1cccnc1. The van der Waals surface area contributed by atoms with Crippen molar-refractivity contribution in [1.82, 2.24) is 15.6 Å². The minimum Gasteiger partial charge on any atom is -0.347 e. The van der Waals surface area contributed by atoms with Gasteiger partial charge >= 0.3 is 0 Å². The van der Waals surface area contributed by atoms with Crippen LogP contribution in [0.2, 0.25) is 0 Å². The van der Waals surface area contributed by atoms with Crippen LogP contribution < -0.4 is 10.6 Å². The van der Waals surface area contributed by atoms with E-state index in [0.717, 1.165) is 13.1 Å². The fraction of sp³-hybridized carbons (Fsp3) is 0.333. The van der Waals surface area contributed by atoms with E-state index in [2.05, 4.69) is 15.6 Å². The molecule has 13 heavy (non-hydrogen) atoms. The minimum atomic E-state index is -0.0420. The van der Waals surface area contributed by atoms with E-state index in [-0.39, 0.29) is 11.9 Å². The number of rotatable bonds is 2. The zero-order valence-electron chi connectivity index (χ0n) is 7.16. The Kier molecular flexibility index (Phi) is 2.23. The van der Waals surface area contributed by atoms with Gasteiger partial charge < -0.3 is 10.6 Å². The van der Waals surface area contributed by atoms with Gasteiger partial charge in [-0.15, -0.1) is 0 Å². The first kappa shape index (κ1) is 8.19. The molecule has 1 aromatic rings. The molecule has 1 fully saturated rings. The van der Waals surface area contributed by atoms with Crippen molar-refractivity contribution in [2.45, 2.75) is 6.04 Å². The normalized spacial score (nSPS) is 16.3. The summed E-state index contributed by atoms with van der Waals surface area (Å²) in [5, 5.41) is 5.98. The van der Waals surface area contributed by atoms with Crippen LogP contribution in [0, 0.1) is 0 Å². The van der Waals surface area contributed by atoms with Crippen molar-refractivity contribution in [2.75, 3.05) is 13.1 Å². The number of carbonyl (C=O) groups excluding carboxylic acids is 1. The zero-order valence-corrected chi connectivity index (χ0v) is 7.16. The van der Waals surface area contributed by atoms with Crippen molar-refractivity contribution >= 4 is 5.91 Å². The lowest BCUT2D eigenvalue weighted by molar-refractivity contribution is 0.0923. The number of amides is 1. The van der Waals surface area contributed by atoms with Crippen molar-refractivity contribution < 1.29 is 4.79 Å². The van der Waals surface area contributed by atoms with Gasteiger partial charge in [0, 0.05) is 25.5 Å². The van der Waals surface area contributed by atoms with Crippen LogP contribution in [0.15, 0.2) is 24.5 Å². The number of hydrogen-bond donors (Lipinski definition) is 2. The van der Waals surface area contributed by atoms with Crippen molar-refractivity contribution in [3.8, 4) is 0 Å². The molecule has 2 heterocycles. The van der Waals surface area contributed by atoms with Gasteiger partial charge in [0.1, 0.15) is 0 Å². The maximum Gasteiger partial charge on any atom is 0.253 e. The molecule has 0 spiro atoms. The predicted octanol–water partition coefficient (Wildman–Crippen LogP) is -0.217. The molecule has 0 saturated carbocycles. The highest BCUT2D eigenvalue weighted by atomic mass is 16.1. The largest absolute Gasteiger partial charge is 0.347 e. The number of nitrogens with one attached hydrogen (secondary N) is 2. The van der Waals surface area contributed by atoms with Gasteiger partial charge in [0.15, 0.2) is 0 Å². The molecule has 4 heteroatoms. The Labute approximate surface area is 76.4 Å². The van der Waals surface area contributed by atoms with Crippen LogP contribution in [0.4, 0.5) is 0 Å². The van der Waals surface area contributed by atoms with E-state index in [9.17, 15) is 4.79 Å². The summed E-state index contributed by atoms with van der Waals surface area (Å²) in [7, 11) is 0. The van der Waals surface area contributed by atoms with Crippen LogP contribution in [0.25, 0.3) is 0 Å². The van der Waals surface area contributed by atoms with Crippen molar-refractivity contribution in [2.24, 2.45) is 0 Å². The van der Waals surface area contributed by atoms with Gasteiger partial charge in [0.25, 0.3) is 5.91 Å². The molecular weight excluding hydrogens is 166 g/mol. The smallest absolute Gasteiger partial charge is 0.253 e. The van der Waals surface area contributed by atoms with Crippen LogP contribution in [0.3, 0.4) is 0 Å². The molecule has 1 aromatic heterocycles. The third-order valence-electron chi connectivity index (χ3n) is 2.04. The summed E-state index contributed by atoms with van der Waals surface area (Å²) in [4.78, 5) is 15.3. The third kappa shape index (κ3) is 1.84. The fourth-order valence-electron chi connectivity index (χ4n) is 1.16. The molecule has 0 aliphatic carbocycles. The Morgan fingerprint density at radius 1 is 1.62 bits per heavy atom. The van der Waals surface area contributed by atoms with E-state index in [4.69, 9.17) is 0 Å². The molecule has 0 bridgehead atoms. The maximum absolute atomic E-state index is 11.5. The molecule has 1 aliphatic rings. The zero-order chi connectivity index (χ0) is 9.10. The quantitative estimate of drug-likeness (QED) is 0.657. The van der Waals surface area contributed by atoms with Crippen molar-refractivity contribution in [3.05, 3.63) is 30.1 Å². The van der Waals surface area contributed by atoms with E-state index in [0.29, 0.717) is 5.56 Å². The lowest BCUT2D eigenvalue weighted by Crippen LogP contribution is -2.56. The molecule has 0 atom stereocenters. The summed E-state index contributed by atoms with van der Waals surface area (Å²) in [6.45, 7) is 1.73. The van der Waals surface area contributed by atoms with Gasteiger partial charge in [-0.05, 0) is 12.1 Å². The molecule has 68 valence electrons. The summed E-state index contributed by atoms with van der Waals surface area (Å²) in [6, 6.07) is 3.80. The standard InChI is InChI=1S/C9H11N3O/c13-9(12-8-5-11-6-8)7-2-1-3-10-4-7/h1-4,8,11H,5-6H2,(H,12,13). The lowest BCUT2D eigenvalue weighted by Gasteiger charge is -2.27. The predicted molar refractivity (Wildman–Crippen MR) is 48.4 cm³/mol. The Morgan fingerprint density at radius 3 is 3.00 bits per heavy atom. The maximum atomic E-state index is 11.5. The number of carbonyl (C=O) groups is 1. The van der Waals surface area contributed by atoms with E-state index >= 15 is 0 Å². The van der Waals surface area contributed by atoms with Crippen LogP contribution in [-0.4, -0.2) is 30.0 Å². The summed E-state index contributed by atoms with van der Waals surface area (Å²) in [6.07, 6.45) is 3.23. The average Bonchev–Trinajstić information content (AvgIpc) is 2.12. The highest BCUT2D eigenvalue weighted by molar-refractivity contribution is 5.94. The van der Waals surface area contributed by atoms with E-state index in [1.807, 2.05) is 0 Å². The summed E-state index contributed by atoms with van der Waals surface area (Å²) >= 11 is 0. The Bertz CT molecular complexity index is 295. The lowest BCUT2D eigenvalue weighted by atomic mass is 10.1. The molecule has 2 N–H and O–H groups in total. The number of aromatic nitrogens is 1. The van der Waals surface area contributed by atoms with Gasteiger partial charge in [0.2, 0.25) is 0 Å².